The molecule has 0 atom stereocenters. The van der Waals surface area contributed by atoms with E-state index >= 15 is 0 Å². The van der Waals surface area contributed by atoms with Crippen molar-refractivity contribution in [1.29, 1.82) is 0 Å². The third-order valence-electron chi connectivity index (χ3n) is 3.12. The second kappa shape index (κ2) is 4.29. The van der Waals surface area contributed by atoms with Gasteiger partial charge in [-0.05, 0) is 31.0 Å². The molecule has 0 saturated heterocycles. The Balaban J connectivity index is 2.01. The molecule has 1 aliphatic rings. The number of rotatable bonds is 4. The minimum absolute atomic E-state index is 0.0143. The SMILES string of the molecule is O=C(O)Cc1cc(C2CC2)n(-c2ccccc2)n1. The molecule has 0 radical (unpaired) electrons. The van der Waals surface area contributed by atoms with Gasteiger partial charge in [0.1, 0.15) is 0 Å². The van der Waals surface area contributed by atoms with Crippen molar-refractivity contribution in [2.75, 3.05) is 0 Å². The molecule has 1 N–H and O–H groups in total. The number of hydrogen-bond donors (Lipinski definition) is 1. The van der Waals surface area contributed by atoms with Crippen molar-refractivity contribution in [3.63, 3.8) is 0 Å². The Morgan fingerprint density at radius 3 is 2.67 bits per heavy atom. The Kier molecular flexibility index (Phi) is 2.63. The second-order valence-electron chi connectivity index (χ2n) is 4.65. The summed E-state index contributed by atoms with van der Waals surface area (Å²) in [7, 11) is 0. The summed E-state index contributed by atoms with van der Waals surface area (Å²) in [4.78, 5) is 10.8. The van der Waals surface area contributed by atoms with Gasteiger partial charge in [0.05, 0.1) is 17.8 Å². The van der Waals surface area contributed by atoms with Crippen molar-refractivity contribution < 1.29 is 9.90 Å². The quantitative estimate of drug-likeness (QED) is 0.895. The number of nitrogens with zero attached hydrogens (tertiary/aromatic N) is 2. The van der Waals surface area contributed by atoms with Crippen LogP contribution in [0.5, 0.6) is 0 Å². The number of hydrogen-bond acceptors (Lipinski definition) is 2. The van der Waals surface area contributed by atoms with E-state index in [0.717, 1.165) is 11.4 Å². The molecular formula is C14H14N2O2. The molecule has 0 spiro atoms. The minimum atomic E-state index is -0.838. The van der Waals surface area contributed by atoms with Gasteiger partial charge in [0, 0.05) is 11.6 Å². The first-order valence-corrected chi connectivity index (χ1v) is 6.10. The minimum Gasteiger partial charge on any atom is -0.481 e. The highest BCUT2D eigenvalue weighted by molar-refractivity contribution is 5.69. The molecule has 1 aromatic carbocycles. The number of carboxylic acids is 1. The Hall–Kier alpha value is -2.10. The molecule has 0 bridgehead atoms. The molecule has 0 amide bonds. The summed E-state index contributed by atoms with van der Waals surface area (Å²) in [6, 6.07) is 11.8. The summed E-state index contributed by atoms with van der Waals surface area (Å²) in [6.07, 6.45) is 2.33. The predicted octanol–water partition coefficient (Wildman–Crippen LogP) is 2.38. The van der Waals surface area contributed by atoms with Crippen molar-refractivity contribution >= 4 is 5.97 Å². The van der Waals surface area contributed by atoms with Crippen LogP contribution < -0.4 is 0 Å². The highest BCUT2D eigenvalue weighted by Crippen LogP contribution is 2.41. The zero-order valence-corrected chi connectivity index (χ0v) is 9.91. The van der Waals surface area contributed by atoms with Gasteiger partial charge in [0.25, 0.3) is 0 Å². The van der Waals surface area contributed by atoms with E-state index in [2.05, 4.69) is 5.10 Å². The smallest absolute Gasteiger partial charge is 0.309 e. The number of benzene rings is 1. The lowest BCUT2D eigenvalue weighted by molar-refractivity contribution is -0.136. The van der Waals surface area contributed by atoms with Crippen LogP contribution in [0.2, 0.25) is 0 Å². The average molecular weight is 242 g/mol. The first-order valence-electron chi connectivity index (χ1n) is 6.10. The molecular weight excluding hydrogens is 228 g/mol. The van der Waals surface area contributed by atoms with E-state index < -0.39 is 5.97 Å². The number of aromatic nitrogens is 2. The van der Waals surface area contributed by atoms with E-state index in [1.165, 1.54) is 12.8 Å². The Labute approximate surface area is 105 Å². The van der Waals surface area contributed by atoms with E-state index in [-0.39, 0.29) is 6.42 Å². The van der Waals surface area contributed by atoms with E-state index in [9.17, 15) is 4.79 Å². The molecule has 2 aromatic rings. The van der Waals surface area contributed by atoms with Gasteiger partial charge in [0.2, 0.25) is 0 Å². The number of carbonyl (C=O) groups is 1. The van der Waals surface area contributed by atoms with Gasteiger partial charge in [0.15, 0.2) is 0 Å². The summed E-state index contributed by atoms with van der Waals surface area (Å²) in [5.74, 6) is -0.296. The first-order chi connectivity index (χ1) is 8.74. The molecule has 0 aliphatic heterocycles. The summed E-state index contributed by atoms with van der Waals surface area (Å²) in [5, 5.41) is 13.3. The molecule has 1 aliphatic carbocycles. The van der Waals surface area contributed by atoms with Crippen LogP contribution in [0, 0.1) is 0 Å². The summed E-state index contributed by atoms with van der Waals surface area (Å²) in [5.41, 5.74) is 2.77. The van der Waals surface area contributed by atoms with Crippen LogP contribution in [-0.4, -0.2) is 20.9 Å². The van der Waals surface area contributed by atoms with Crippen molar-refractivity contribution in [2.24, 2.45) is 0 Å². The molecule has 1 aromatic heterocycles. The van der Waals surface area contributed by atoms with Gasteiger partial charge >= 0.3 is 5.97 Å². The lowest BCUT2D eigenvalue weighted by atomic mass is 10.2. The van der Waals surface area contributed by atoms with Crippen LogP contribution in [0.25, 0.3) is 5.69 Å². The number of para-hydroxylation sites is 1. The lowest BCUT2D eigenvalue weighted by Gasteiger charge is -2.05. The molecule has 18 heavy (non-hydrogen) atoms. The summed E-state index contributed by atoms with van der Waals surface area (Å²) in [6.45, 7) is 0. The van der Waals surface area contributed by atoms with Crippen molar-refractivity contribution in [3.8, 4) is 5.69 Å². The summed E-state index contributed by atoms with van der Waals surface area (Å²) >= 11 is 0. The zero-order chi connectivity index (χ0) is 12.5. The van der Waals surface area contributed by atoms with Crippen molar-refractivity contribution in [2.45, 2.75) is 25.2 Å². The monoisotopic (exact) mass is 242 g/mol. The maximum absolute atomic E-state index is 10.8. The zero-order valence-electron chi connectivity index (χ0n) is 9.91. The average Bonchev–Trinajstić information content (AvgIpc) is 3.12. The van der Waals surface area contributed by atoms with Gasteiger partial charge in [-0.1, -0.05) is 18.2 Å². The van der Waals surface area contributed by atoms with Gasteiger partial charge < -0.3 is 5.11 Å². The summed E-state index contributed by atoms with van der Waals surface area (Å²) < 4.78 is 1.88. The number of carboxylic acid groups (broad SMARTS) is 1. The highest BCUT2D eigenvalue weighted by Gasteiger charge is 2.28. The van der Waals surface area contributed by atoms with Crippen LogP contribution >= 0.6 is 0 Å². The fourth-order valence-electron chi connectivity index (χ4n) is 2.13. The van der Waals surface area contributed by atoms with E-state index in [1.54, 1.807) is 0 Å². The normalized spacial score (nSPS) is 14.7. The van der Waals surface area contributed by atoms with E-state index in [1.807, 2.05) is 41.1 Å². The standard InChI is InChI=1S/C14H14N2O2/c17-14(18)9-11-8-13(10-6-7-10)16(15-11)12-4-2-1-3-5-12/h1-5,8,10H,6-7,9H2,(H,17,18). The van der Waals surface area contributed by atoms with E-state index in [0.29, 0.717) is 11.6 Å². The Bertz CT molecular complexity index is 571. The van der Waals surface area contributed by atoms with Crippen molar-refractivity contribution in [1.82, 2.24) is 9.78 Å². The fourth-order valence-corrected chi connectivity index (χ4v) is 2.13. The molecule has 1 heterocycles. The number of aliphatic carboxylic acids is 1. The van der Waals surface area contributed by atoms with Crippen LogP contribution in [0.3, 0.4) is 0 Å². The molecule has 0 unspecified atom stereocenters. The van der Waals surface area contributed by atoms with Crippen LogP contribution in [0.15, 0.2) is 36.4 Å². The van der Waals surface area contributed by atoms with Gasteiger partial charge in [-0.15, -0.1) is 0 Å². The van der Waals surface area contributed by atoms with Crippen LogP contribution in [0.4, 0.5) is 0 Å². The maximum Gasteiger partial charge on any atom is 0.309 e. The molecule has 1 saturated carbocycles. The van der Waals surface area contributed by atoms with E-state index in [4.69, 9.17) is 5.11 Å². The predicted molar refractivity (Wildman–Crippen MR) is 66.9 cm³/mol. The van der Waals surface area contributed by atoms with Gasteiger partial charge in [-0.3, -0.25) is 4.79 Å². The third-order valence-corrected chi connectivity index (χ3v) is 3.12. The van der Waals surface area contributed by atoms with Gasteiger partial charge in [-0.2, -0.15) is 5.10 Å². The molecule has 92 valence electrons. The van der Waals surface area contributed by atoms with Crippen LogP contribution in [0.1, 0.15) is 30.1 Å². The van der Waals surface area contributed by atoms with Gasteiger partial charge in [-0.25, -0.2) is 4.68 Å². The topological polar surface area (TPSA) is 55.1 Å². The Morgan fingerprint density at radius 1 is 1.33 bits per heavy atom. The second-order valence-corrected chi connectivity index (χ2v) is 4.65. The molecule has 3 rings (SSSR count). The maximum atomic E-state index is 10.8. The highest BCUT2D eigenvalue weighted by atomic mass is 16.4. The largest absolute Gasteiger partial charge is 0.481 e. The lowest BCUT2D eigenvalue weighted by Crippen LogP contribution is -2.03. The Morgan fingerprint density at radius 2 is 2.06 bits per heavy atom. The third kappa shape index (κ3) is 2.14. The fraction of sp³-hybridized carbons (Fsp3) is 0.286. The van der Waals surface area contributed by atoms with Crippen molar-refractivity contribution in [3.05, 3.63) is 47.8 Å². The molecule has 4 heteroatoms. The van der Waals surface area contributed by atoms with Crippen LogP contribution in [-0.2, 0) is 11.2 Å². The molecule has 1 fully saturated rings. The first kappa shape index (κ1) is 11.0. The molecule has 4 nitrogen and oxygen atoms in total.